The molecule has 2 N–H and O–H groups in total. The number of nitrogens with two attached hydrogens (primary N) is 1. The number of hydrogen-bond acceptors (Lipinski definition) is 3. The van der Waals surface area contributed by atoms with Crippen LogP contribution in [0.3, 0.4) is 0 Å². The van der Waals surface area contributed by atoms with Crippen molar-refractivity contribution in [1.29, 1.82) is 0 Å². The second kappa shape index (κ2) is 8.13. The highest BCUT2D eigenvalue weighted by Gasteiger charge is 2.37. The van der Waals surface area contributed by atoms with Crippen molar-refractivity contribution >= 4 is 5.91 Å². The van der Waals surface area contributed by atoms with Gasteiger partial charge in [0.2, 0.25) is 0 Å². The Morgan fingerprint density at radius 3 is 2.58 bits per heavy atom. The van der Waals surface area contributed by atoms with E-state index in [2.05, 4.69) is 12.1 Å². The molecule has 132 valence electrons. The average molecular weight is 330 g/mol. The van der Waals surface area contributed by atoms with E-state index >= 15 is 0 Å². The second-order valence-corrected chi connectivity index (χ2v) is 7.22. The van der Waals surface area contributed by atoms with Gasteiger partial charge in [0.05, 0.1) is 6.10 Å². The lowest BCUT2D eigenvalue weighted by Crippen LogP contribution is -2.42. The third kappa shape index (κ3) is 3.98. The van der Waals surface area contributed by atoms with Crippen LogP contribution in [0.25, 0.3) is 0 Å². The lowest BCUT2D eigenvalue weighted by molar-refractivity contribution is -0.148. The number of hydrogen-bond donors (Lipinski definition) is 1. The van der Waals surface area contributed by atoms with Gasteiger partial charge in [0, 0.05) is 25.0 Å². The summed E-state index contributed by atoms with van der Waals surface area (Å²) in [4.78, 5) is 14.8. The highest BCUT2D eigenvalue weighted by molar-refractivity contribution is 5.81. The molecule has 1 aromatic carbocycles. The maximum absolute atomic E-state index is 12.9. The van der Waals surface area contributed by atoms with E-state index in [1.54, 1.807) is 0 Å². The molecule has 1 saturated heterocycles. The molecule has 1 aliphatic carbocycles. The summed E-state index contributed by atoms with van der Waals surface area (Å²) in [5.74, 6) is 0.347. The zero-order chi connectivity index (χ0) is 16.9. The Labute approximate surface area is 145 Å². The lowest BCUT2D eigenvalue weighted by Gasteiger charge is -2.29. The quantitative estimate of drug-likeness (QED) is 0.903. The van der Waals surface area contributed by atoms with Gasteiger partial charge < -0.3 is 15.4 Å². The summed E-state index contributed by atoms with van der Waals surface area (Å²) in [6, 6.07) is 10.3. The van der Waals surface area contributed by atoms with Crippen molar-refractivity contribution in [3.63, 3.8) is 0 Å². The third-order valence-electron chi connectivity index (χ3n) is 5.46. The Balaban J connectivity index is 1.61. The van der Waals surface area contributed by atoms with Crippen molar-refractivity contribution in [1.82, 2.24) is 4.90 Å². The van der Waals surface area contributed by atoms with Crippen LogP contribution in [0.15, 0.2) is 30.3 Å². The first-order valence-electron chi connectivity index (χ1n) is 9.43. The Morgan fingerprint density at radius 2 is 1.92 bits per heavy atom. The molecular weight excluding hydrogens is 300 g/mol. The largest absolute Gasteiger partial charge is 0.365 e. The number of carbonyl (C=O) groups excluding carboxylic acids is 1. The Morgan fingerprint density at radius 1 is 1.21 bits per heavy atom. The van der Waals surface area contributed by atoms with Crippen molar-refractivity contribution in [3.05, 3.63) is 35.9 Å². The van der Waals surface area contributed by atoms with Gasteiger partial charge in [-0.25, -0.2) is 0 Å². The van der Waals surface area contributed by atoms with Crippen LogP contribution in [0.1, 0.15) is 56.9 Å². The molecule has 2 aliphatic rings. The van der Waals surface area contributed by atoms with Crippen LogP contribution < -0.4 is 5.73 Å². The fourth-order valence-corrected chi connectivity index (χ4v) is 4.03. The summed E-state index contributed by atoms with van der Waals surface area (Å²) in [7, 11) is 0. The first-order chi connectivity index (χ1) is 11.7. The molecule has 24 heavy (non-hydrogen) atoms. The zero-order valence-corrected chi connectivity index (χ0v) is 14.7. The van der Waals surface area contributed by atoms with Gasteiger partial charge in [-0.2, -0.15) is 0 Å². The summed E-state index contributed by atoms with van der Waals surface area (Å²) < 4.78 is 6.16. The van der Waals surface area contributed by atoms with Gasteiger partial charge in [-0.05, 0) is 24.8 Å². The summed E-state index contributed by atoms with van der Waals surface area (Å²) in [6.45, 7) is 3.37. The van der Waals surface area contributed by atoms with Gasteiger partial charge in [-0.1, -0.05) is 56.5 Å². The topological polar surface area (TPSA) is 55.6 Å². The van der Waals surface area contributed by atoms with Crippen LogP contribution in [0, 0.1) is 0 Å². The van der Waals surface area contributed by atoms with Gasteiger partial charge in [0.1, 0.15) is 6.10 Å². The number of likely N-dealkylation sites (tertiary alicyclic amines) is 1. The van der Waals surface area contributed by atoms with Crippen LogP contribution in [0.5, 0.6) is 0 Å². The van der Waals surface area contributed by atoms with Crippen LogP contribution in [0.4, 0.5) is 0 Å². The van der Waals surface area contributed by atoms with E-state index in [0.29, 0.717) is 13.1 Å². The molecular formula is C20H30N2O2. The van der Waals surface area contributed by atoms with Crippen LogP contribution in [-0.4, -0.2) is 42.1 Å². The lowest BCUT2D eigenvalue weighted by atomic mass is 9.95. The van der Waals surface area contributed by atoms with E-state index in [4.69, 9.17) is 10.5 Å². The Kier molecular flexibility index (Phi) is 5.90. The molecule has 1 aliphatic heterocycles. The van der Waals surface area contributed by atoms with E-state index in [1.165, 1.54) is 24.8 Å². The third-order valence-corrected chi connectivity index (χ3v) is 5.46. The standard InChI is InChI=1S/C20H30N2O2/c1-2-19(24-16-11-7-4-8-12-16)20(23)22-13-17(18(21)14-22)15-9-5-3-6-10-15/h3,5-6,9-10,16-19H,2,4,7-8,11-14,21H2,1H3/t17-,18+,19?/m0/s1. The van der Waals surface area contributed by atoms with Crippen LogP contribution >= 0.6 is 0 Å². The summed E-state index contributed by atoms with van der Waals surface area (Å²) >= 11 is 0. The number of carbonyl (C=O) groups is 1. The molecule has 2 fully saturated rings. The first-order valence-corrected chi connectivity index (χ1v) is 9.43. The Bertz CT molecular complexity index is 528. The highest BCUT2D eigenvalue weighted by Crippen LogP contribution is 2.28. The molecule has 1 amide bonds. The molecule has 3 atom stereocenters. The van der Waals surface area contributed by atoms with Gasteiger partial charge >= 0.3 is 0 Å². The molecule has 0 spiro atoms. The zero-order valence-electron chi connectivity index (χ0n) is 14.7. The summed E-state index contributed by atoms with van der Waals surface area (Å²) in [6.07, 6.45) is 6.61. The van der Waals surface area contributed by atoms with E-state index in [9.17, 15) is 4.79 Å². The van der Waals surface area contributed by atoms with Crippen LogP contribution in [-0.2, 0) is 9.53 Å². The maximum Gasteiger partial charge on any atom is 0.251 e. The molecule has 1 aromatic rings. The molecule has 1 unspecified atom stereocenters. The van der Waals surface area contributed by atoms with Crippen molar-refractivity contribution in [3.8, 4) is 0 Å². The minimum absolute atomic E-state index is 0.00327. The average Bonchev–Trinajstić information content (AvgIpc) is 3.02. The minimum Gasteiger partial charge on any atom is -0.365 e. The first kappa shape index (κ1) is 17.4. The minimum atomic E-state index is -0.310. The van der Waals surface area contributed by atoms with E-state index < -0.39 is 0 Å². The maximum atomic E-state index is 12.9. The molecule has 4 heteroatoms. The van der Waals surface area contributed by atoms with Crippen molar-refractivity contribution in [2.75, 3.05) is 13.1 Å². The summed E-state index contributed by atoms with van der Waals surface area (Å²) in [5, 5.41) is 0. The number of nitrogens with zero attached hydrogens (tertiary/aromatic N) is 1. The van der Waals surface area contributed by atoms with Crippen molar-refractivity contribution < 1.29 is 9.53 Å². The fraction of sp³-hybridized carbons (Fsp3) is 0.650. The predicted molar refractivity (Wildman–Crippen MR) is 95.8 cm³/mol. The van der Waals surface area contributed by atoms with Gasteiger partial charge in [0.15, 0.2) is 0 Å². The summed E-state index contributed by atoms with van der Waals surface area (Å²) in [5.41, 5.74) is 7.55. The molecule has 4 nitrogen and oxygen atoms in total. The number of amides is 1. The smallest absolute Gasteiger partial charge is 0.251 e. The Hall–Kier alpha value is -1.39. The van der Waals surface area contributed by atoms with Gasteiger partial charge in [-0.3, -0.25) is 4.79 Å². The molecule has 0 bridgehead atoms. The molecule has 0 radical (unpaired) electrons. The van der Waals surface area contributed by atoms with Crippen LogP contribution in [0.2, 0.25) is 0 Å². The van der Waals surface area contributed by atoms with E-state index in [0.717, 1.165) is 19.3 Å². The molecule has 3 rings (SSSR count). The highest BCUT2D eigenvalue weighted by atomic mass is 16.5. The fourth-order valence-electron chi connectivity index (χ4n) is 4.03. The van der Waals surface area contributed by atoms with Crippen molar-refractivity contribution in [2.45, 2.75) is 69.6 Å². The molecule has 1 heterocycles. The molecule has 1 saturated carbocycles. The van der Waals surface area contributed by atoms with Gasteiger partial charge in [0.25, 0.3) is 5.91 Å². The normalized spacial score (nSPS) is 26.5. The van der Waals surface area contributed by atoms with Crippen molar-refractivity contribution in [2.24, 2.45) is 5.73 Å². The SMILES string of the molecule is CCC(OC1CCCCC1)C(=O)N1C[C@@H](N)[C@H](c2ccccc2)C1. The predicted octanol–water partition coefficient (Wildman–Crippen LogP) is 3.07. The second-order valence-electron chi connectivity index (χ2n) is 7.22. The monoisotopic (exact) mass is 330 g/mol. The number of rotatable bonds is 5. The number of benzene rings is 1. The van der Waals surface area contributed by atoms with Gasteiger partial charge in [-0.15, -0.1) is 0 Å². The van der Waals surface area contributed by atoms with E-state index in [1.807, 2.05) is 30.0 Å². The van der Waals surface area contributed by atoms with E-state index in [-0.39, 0.29) is 30.1 Å². The number of ether oxygens (including phenoxy) is 1. The molecule has 0 aromatic heterocycles.